The number of aliphatic hydroxyl groups excluding tert-OH is 1. The number of nitrogens with two attached hydrogens (primary N) is 2. The van der Waals surface area contributed by atoms with E-state index in [1.54, 1.807) is 13.8 Å². The summed E-state index contributed by atoms with van der Waals surface area (Å²) in [5.74, 6) is -2.93. The Bertz CT molecular complexity index is 619. The van der Waals surface area contributed by atoms with Gasteiger partial charge in [0.05, 0.1) is 12.1 Å². The van der Waals surface area contributed by atoms with Gasteiger partial charge >= 0.3 is 5.97 Å². The number of rotatable bonds is 16. The van der Waals surface area contributed by atoms with Crippen molar-refractivity contribution in [3.63, 3.8) is 0 Å². The summed E-state index contributed by atoms with van der Waals surface area (Å²) >= 11 is 1.53. The van der Waals surface area contributed by atoms with Gasteiger partial charge in [-0.3, -0.25) is 14.4 Å². The number of carboxylic acid groups (broad SMARTS) is 1. The monoisotopic (exact) mass is 477 g/mol. The lowest BCUT2D eigenvalue weighted by molar-refractivity contribution is -0.143. The zero-order valence-electron chi connectivity index (χ0n) is 19.3. The fourth-order valence-corrected chi connectivity index (χ4v) is 3.32. The molecule has 5 unspecified atom stereocenters. The van der Waals surface area contributed by atoms with Gasteiger partial charge in [0.15, 0.2) is 0 Å². The highest BCUT2D eigenvalue weighted by Crippen LogP contribution is 2.07. The van der Waals surface area contributed by atoms with Crippen molar-refractivity contribution < 1.29 is 29.4 Å². The highest BCUT2D eigenvalue weighted by atomic mass is 32.2. The SMILES string of the molecule is CSCCC(N)C(=O)NC(C(=O)NC(C(=O)NC(CCCCN)C(=O)O)C(C)C)C(C)O. The summed E-state index contributed by atoms with van der Waals surface area (Å²) < 4.78 is 0. The average molecular weight is 478 g/mol. The first kappa shape index (κ1) is 30.1. The van der Waals surface area contributed by atoms with Crippen LogP contribution in [0.15, 0.2) is 0 Å². The number of carbonyl (C=O) groups is 4. The van der Waals surface area contributed by atoms with Gasteiger partial charge in [-0.2, -0.15) is 11.8 Å². The van der Waals surface area contributed by atoms with Crippen molar-refractivity contribution in [2.75, 3.05) is 18.6 Å². The second-order valence-electron chi connectivity index (χ2n) is 8.03. The largest absolute Gasteiger partial charge is 0.480 e. The molecule has 0 heterocycles. The van der Waals surface area contributed by atoms with E-state index >= 15 is 0 Å². The summed E-state index contributed by atoms with van der Waals surface area (Å²) in [6, 6.07) is -4.35. The zero-order chi connectivity index (χ0) is 24.8. The van der Waals surface area contributed by atoms with Crippen LogP contribution in [0.2, 0.25) is 0 Å². The third-order valence-electron chi connectivity index (χ3n) is 4.84. The molecular weight excluding hydrogens is 438 g/mol. The highest BCUT2D eigenvalue weighted by molar-refractivity contribution is 7.98. The number of unbranched alkanes of at least 4 members (excludes halogenated alkanes) is 1. The molecule has 5 atom stereocenters. The van der Waals surface area contributed by atoms with Gasteiger partial charge in [-0.05, 0) is 57.1 Å². The van der Waals surface area contributed by atoms with E-state index in [4.69, 9.17) is 11.5 Å². The molecule has 0 saturated carbocycles. The molecule has 0 aliphatic carbocycles. The number of hydrogen-bond acceptors (Lipinski definition) is 8. The number of carbonyl (C=O) groups excluding carboxylic acids is 3. The molecule has 0 aliphatic rings. The molecule has 0 radical (unpaired) electrons. The summed E-state index contributed by atoms with van der Waals surface area (Å²) in [5.41, 5.74) is 11.2. The van der Waals surface area contributed by atoms with Gasteiger partial charge in [0.25, 0.3) is 0 Å². The molecule has 11 nitrogen and oxygen atoms in total. The number of aliphatic hydroxyl groups is 1. The maximum absolute atomic E-state index is 12.8. The molecular formula is C20H39N5O6S. The van der Waals surface area contributed by atoms with Gasteiger partial charge in [0.2, 0.25) is 17.7 Å². The van der Waals surface area contributed by atoms with Gasteiger partial charge in [-0.1, -0.05) is 13.8 Å². The molecule has 9 N–H and O–H groups in total. The Labute approximate surface area is 193 Å². The Morgan fingerprint density at radius 2 is 1.47 bits per heavy atom. The van der Waals surface area contributed by atoms with E-state index in [1.165, 1.54) is 18.7 Å². The molecule has 12 heteroatoms. The van der Waals surface area contributed by atoms with Crippen LogP contribution in [0, 0.1) is 5.92 Å². The lowest BCUT2D eigenvalue weighted by Crippen LogP contribution is -2.60. The van der Waals surface area contributed by atoms with E-state index in [9.17, 15) is 29.4 Å². The van der Waals surface area contributed by atoms with Gasteiger partial charge < -0.3 is 37.6 Å². The summed E-state index contributed by atoms with van der Waals surface area (Å²) in [6.45, 7) is 5.12. The van der Waals surface area contributed by atoms with Crippen LogP contribution >= 0.6 is 11.8 Å². The average Bonchev–Trinajstić information content (AvgIpc) is 2.72. The smallest absolute Gasteiger partial charge is 0.326 e. The van der Waals surface area contributed by atoms with Crippen molar-refractivity contribution >= 4 is 35.5 Å². The van der Waals surface area contributed by atoms with E-state index in [0.29, 0.717) is 31.6 Å². The molecule has 0 bridgehead atoms. The summed E-state index contributed by atoms with van der Waals surface area (Å²) in [6.07, 6.45) is 2.39. The summed E-state index contributed by atoms with van der Waals surface area (Å²) in [4.78, 5) is 49.2. The Balaban J connectivity index is 5.24. The number of carboxylic acids is 1. The van der Waals surface area contributed by atoms with Crippen molar-refractivity contribution in [2.24, 2.45) is 17.4 Å². The predicted octanol–water partition coefficient (Wildman–Crippen LogP) is -1.23. The van der Waals surface area contributed by atoms with E-state index in [1.807, 2.05) is 6.26 Å². The molecule has 0 fully saturated rings. The fourth-order valence-electron chi connectivity index (χ4n) is 2.83. The number of nitrogens with one attached hydrogen (secondary N) is 3. The van der Waals surface area contributed by atoms with Crippen LogP contribution < -0.4 is 27.4 Å². The van der Waals surface area contributed by atoms with Crippen LogP contribution in [0.4, 0.5) is 0 Å². The summed E-state index contributed by atoms with van der Waals surface area (Å²) in [5, 5.41) is 26.8. The number of aliphatic carboxylic acids is 1. The van der Waals surface area contributed by atoms with E-state index in [-0.39, 0.29) is 12.3 Å². The minimum absolute atomic E-state index is 0.206. The zero-order valence-corrected chi connectivity index (χ0v) is 20.1. The molecule has 0 aliphatic heterocycles. The van der Waals surface area contributed by atoms with Crippen molar-refractivity contribution in [1.29, 1.82) is 0 Å². The Hall–Kier alpha value is -1.89. The molecule has 0 aromatic carbocycles. The van der Waals surface area contributed by atoms with Gasteiger partial charge in [0.1, 0.15) is 18.1 Å². The highest BCUT2D eigenvalue weighted by Gasteiger charge is 2.33. The molecule has 0 saturated heterocycles. The van der Waals surface area contributed by atoms with Crippen molar-refractivity contribution in [3.05, 3.63) is 0 Å². The third kappa shape index (κ3) is 11.1. The van der Waals surface area contributed by atoms with Crippen LogP contribution in [0.25, 0.3) is 0 Å². The van der Waals surface area contributed by atoms with Crippen molar-refractivity contribution in [1.82, 2.24) is 16.0 Å². The molecule has 3 amide bonds. The standard InChI is InChI=1S/C20H39N5O6S/c1-11(2)15(18(28)23-14(20(30)31)7-5-6-9-21)24-19(29)16(12(3)26)25-17(27)13(22)8-10-32-4/h11-16,26H,5-10,21-22H2,1-4H3,(H,23,28)(H,24,29)(H,25,27)(H,30,31). The maximum Gasteiger partial charge on any atom is 0.326 e. The van der Waals surface area contributed by atoms with Crippen LogP contribution in [0.3, 0.4) is 0 Å². The van der Waals surface area contributed by atoms with Crippen molar-refractivity contribution in [3.8, 4) is 0 Å². The lowest BCUT2D eigenvalue weighted by Gasteiger charge is -2.28. The Kier molecular flexibility index (Phi) is 14.9. The van der Waals surface area contributed by atoms with Gasteiger partial charge in [0, 0.05) is 0 Å². The molecule has 0 spiro atoms. The molecule has 186 valence electrons. The quantitative estimate of drug-likeness (QED) is 0.133. The topological polar surface area (TPSA) is 197 Å². The van der Waals surface area contributed by atoms with Crippen LogP contribution in [0.5, 0.6) is 0 Å². The molecule has 0 rings (SSSR count). The lowest BCUT2D eigenvalue weighted by atomic mass is 10.0. The molecule has 0 aromatic rings. The van der Waals surface area contributed by atoms with Crippen LogP contribution in [-0.2, 0) is 19.2 Å². The second-order valence-corrected chi connectivity index (χ2v) is 9.01. The van der Waals surface area contributed by atoms with Gasteiger partial charge in [-0.15, -0.1) is 0 Å². The number of thioether (sulfide) groups is 1. The number of hydrogen-bond donors (Lipinski definition) is 7. The predicted molar refractivity (Wildman–Crippen MR) is 124 cm³/mol. The first-order chi connectivity index (χ1) is 15.0. The minimum Gasteiger partial charge on any atom is -0.480 e. The van der Waals surface area contributed by atoms with Crippen LogP contribution in [0.1, 0.15) is 46.5 Å². The van der Waals surface area contributed by atoms with Crippen molar-refractivity contribution in [2.45, 2.75) is 76.7 Å². The number of amides is 3. The minimum atomic E-state index is -1.32. The molecule has 0 aromatic heterocycles. The first-order valence-electron chi connectivity index (χ1n) is 10.7. The fraction of sp³-hybridized carbons (Fsp3) is 0.800. The molecule has 32 heavy (non-hydrogen) atoms. The Morgan fingerprint density at radius 1 is 0.906 bits per heavy atom. The van der Waals surface area contributed by atoms with E-state index in [0.717, 1.165) is 0 Å². The maximum atomic E-state index is 12.8. The summed E-state index contributed by atoms with van der Waals surface area (Å²) in [7, 11) is 0. The van der Waals surface area contributed by atoms with Crippen LogP contribution in [-0.4, -0.2) is 82.7 Å². The van der Waals surface area contributed by atoms with E-state index < -0.39 is 54.0 Å². The first-order valence-corrected chi connectivity index (χ1v) is 12.1. The second kappa shape index (κ2) is 15.8. The van der Waals surface area contributed by atoms with Gasteiger partial charge in [-0.25, -0.2) is 4.79 Å². The normalized spacial score (nSPS) is 15.9. The third-order valence-corrected chi connectivity index (χ3v) is 5.48. The van der Waals surface area contributed by atoms with E-state index in [2.05, 4.69) is 16.0 Å². The Morgan fingerprint density at radius 3 is 1.94 bits per heavy atom.